The molecule has 2 aromatic carbocycles. The molecule has 2 amide bonds. The van der Waals surface area contributed by atoms with E-state index >= 15 is 0 Å². The molecule has 0 saturated carbocycles. The van der Waals surface area contributed by atoms with E-state index in [-0.39, 0.29) is 11.8 Å². The fourth-order valence-corrected chi connectivity index (χ4v) is 4.12. The van der Waals surface area contributed by atoms with Gasteiger partial charge in [-0.1, -0.05) is 0 Å². The standard InChI is InChI=1S/C26H29N3O4/c1-32-23-10-7-21(17-24(23)33-2)26(31)29-15-11-19(12-16-29)18-27-25(30)20-5-8-22(9-6-20)28-13-3-4-14-28/h3-10,13-14,17,19H,11-12,15-16,18H2,1-2H3,(H,27,30). The maximum Gasteiger partial charge on any atom is 0.253 e. The minimum Gasteiger partial charge on any atom is -0.493 e. The molecule has 4 rings (SSSR count). The van der Waals surface area contributed by atoms with E-state index in [4.69, 9.17) is 9.47 Å². The van der Waals surface area contributed by atoms with Gasteiger partial charge >= 0.3 is 0 Å². The number of hydrogen-bond donors (Lipinski definition) is 1. The van der Waals surface area contributed by atoms with Gasteiger partial charge in [0.15, 0.2) is 11.5 Å². The second-order valence-electron chi connectivity index (χ2n) is 8.15. The third-order valence-electron chi connectivity index (χ3n) is 6.12. The summed E-state index contributed by atoms with van der Waals surface area (Å²) in [6.45, 7) is 1.94. The number of rotatable bonds is 7. The van der Waals surface area contributed by atoms with Crippen molar-refractivity contribution in [3.8, 4) is 17.2 Å². The quantitative estimate of drug-likeness (QED) is 0.598. The van der Waals surface area contributed by atoms with Crippen LogP contribution < -0.4 is 14.8 Å². The lowest BCUT2D eigenvalue weighted by atomic mass is 9.96. The number of nitrogens with zero attached hydrogens (tertiary/aromatic N) is 2. The summed E-state index contributed by atoms with van der Waals surface area (Å²) in [4.78, 5) is 27.3. The number of amides is 2. The van der Waals surface area contributed by atoms with Crippen molar-refractivity contribution < 1.29 is 19.1 Å². The molecule has 2 heterocycles. The van der Waals surface area contributed by atoms with Gasteiger partial charge in [0.1, 0.15) is 0 Å². The topological polar surface area (TPSA) is 72.8 Å². The number of ether oxygens (including phenoxy) is 2. The van der Waals surface area contributed by atoms with Crippen LogP contribution in [0.3, 0.4) is 0 Å². The lowest BCUT2D eigenvalue weighted by Gasteiger charge is -2.32. The van der Waals surface area contributed by atoms with E-state index < -0.39 is 0 Å². The van der Waals surface area contributed by atoms with Crippen LogP contribution in [-0.4, -0.2) is 55.1 Å². The molecule has 3 aromatic rings. The van der Waals surface area contributed by atoms with Crippen LogP contribution in [-0.2, 0) is 0 Å². The lowest BCUT2D eigenvalue weighted by Crippen LogP contribution is -2.41. The summed E-state index contributed by atoms with van der Waals surface area (Å²) < 4.78 is 12.6. The van der Waals surface area contributed by atoms with E-state index in [1.165, 1.54) is 0 Å². The molecule has 0 atom stereocenters. The largest absolute Gasteiger partial charge is 0.493 e. The molecule has 1 saturated heterocycles. The number of benzene rings is 2. The fraction of sp³-hybridized carbons (Fsp3) is 0.308. The Bertz CT molecular complexity index is 1090. The third kappa shape index (κ3) is 5.19. The SMILES string of the molecule is COc1ccc(C(=O)N2CCC(CNC(=O)c3ccc(-n4cccc4)cc3)CC2)cc1OC. The molecule has 0 aliphatic carbocycles. The van der Waals surface area contributed by atoms with Crippen LogP contribution in [0.4, 0.5) is 0 Å². The normalized spacial score (nSPS) is 14.1. The lowest BCUT2D eigenvalue weighted by molar-refractivity contribution is 0.0684. The van der Waals surface area contributed by atoms with E-state index in [0.29, 0.717) is 48.2 Å². The molecular formula is C26H29N3O4. The molecule has 0 bridgehead atoms. The van der Waals surface area contributed by atoms with Gasteiger partial charge in [0, 0.05) is 48.8 Å². The molecule has 0 radical (unpaired) electrons. The van der Waals surface area contributed by atoms with Crippen LogP contribution in [0.1, 0.15) is 33.6 Å². The van der Waals surface area contributed by atoms with Crippen LogP contribution in [0.5, 0.6) is 11.5 Å². The van der Waals surface area contributed by atoms with Gasteiger partial charge in [0.2, 0.25) is 0 Å². The average Bonchev–Trinajstić information content (AvgIpc) is 3.42. The van der Waals surface area contributed by atoms with E-state index in [9.17, 15) is 9.59 Å². The number of piperidine rings is 1. The van der Waals surface area contributed by atoms with E-state index in [1.54, 1.807) is 32.4 Å². The van der Waals surface area contributed by atoms with Crippen LogP contribution >= 0.6 is 0 Å². The minimum absolute atomic E-state index is 0.0128. The van der Waals surface area contributed by atoms with Gasteiger partial charge in [-0.3, -0.25) is 9.59 Å². The average molecular weight is 448 g/mol. The number of carbonyl (C=O) groups is 2. The second-order valence-corrected chi connectivity index (χ2v) is 8.15. The summed E-state index contributed by atoms with van der Waals surface area (Å²) in [5.41, 5.74) is 2.25. The van der Waals surface area contributed by atoms with Crippen molar-refractivity contribution >= 4 is 11.8 Å². The Hall–Kier alpha value is -3.74. The Kier molecular flexibility index (Phi) is 6.98. The highest BCUT2D eigenvalue weighted by Gasteiger charge is 2.24. The number of hydrogen-bond acceptors (Lipinski definition) is 4. The molecular weight excluding hydrogens is 418 g/mol. The summed E-state index contributed by atoms with van der Waals surface area (Å²) in [5.74, 6) is 1.41. The first-order valence-electron chi connectivity index (χ1n) is 11.1. The maximum absolute atomic E-state index is 12.9. The molecule has 172 valence electrons. The van der Waals surface area contributed by atoms with E-state index in [1.807, 2.05) is 58.3 Å². The highest BCUT2D eigenvalue weighted by atomic mass is 16.5. The zero-order valence-corrected chi connectivity index (χ0v) is 19.0. The van der Waals surface area contributed by atoms with Crippen molar-refractivity contribution in [2.75, 3.05) is 33.9 Å². The Morgan fingerprint density at radius 3 is 2.18 bits per heavy atom. The first-order valence-corrected chi connectivity index (χ1v) is 11.1. The fourth-order valence-electron chi connectivity index (χ4n) is 4.12. The number of likely N-dealkylation sites (tertiary alicyclic amines) is 1. The monoisotopic (exact) mass is 447 g/mol. The first-order chi connectivity index (χ1) is 16.1. The Labute approximate surface area is 193 Å². The van der Waals surface area contributed by atoms with Crippen molar-refractivity contribution in [2.45, 2.75) is 12.8 Å². The Morgan fingerprint density at radius 1 is 0.909 bits per heavy atom. The van der Waals surface area contributed by atoms with Gasteiger partial charge in [-0.2, -0.15) is 0 Å². The third-order valence-corrected chi connectivity index (χ3v) is 6.12. The van der Waals surface area contributed by atoms with Crippen LogP contribution in [0, 0.1) is 5.92 Å². The van der Waals surface area contributed by atoms with Gasteiger partial charge in [0.05, 0.1) is 14.2 Å². The first kappa shape index (κ1) is 22.5. The van der Waals surface area contributed by atoms with Crippen LogP contribution in [0.15, 0.2) is 67.0 Å². The van der Waals surface area contributed by atoms with Crippen LogP contribution in [0.2, 0.25) is 0 Å². The van der Waals surface area contributed by atoms with Crippen molar-refractivity contribution in [3.63, 3.8) is 0 Å². The smallest absolute Gasteiger partial charge is 0.253 e. The van der Waals surface area contributed by atoms with Crippen molar-refractivity contribution in [3.05, 3.63) is 78.1 Å². The number of nitrogens with one attached hydrogen (secondary N) is 1. The minimum atomic E-state index is -0.0714. The molecule has 1 aliphatic rings. The molecule has 1 aliphatic heterocycles. The molecule has 1 N–H and O–H groups in total. The molecule has 33 heavy (non-hydrogen) atoms. The van der Waals surface area contributed by atoms with Crippen molar-refractivity contribution in [1.29, 1.82) is 0 Å². The highest BCUT2D eigenvalue weighted by Crippen LogP contribution is 2.28. The summed E-state index contributed by atoms with van der Waals surface area (Å²) in [7, 11) is 3.13. The number of aromatic nitrogens is 1. The van der Waals surface area contributed by atoms with Gasteiger partial charge < -0.3 is 24.3 Å². The zero-order chi connectivity index (χ0) is 23.2. The summed E-state index contributed by atoms with van der Waals surface area (Å²) in [5, 5.41) is 3.05. The zero-order valence-electron chi connectivity index (χ0n) is 19.0. The van der Waals surface area contributed by atoms with Gasteiger partial charge in [-0.15, -0.1) is 0 Å². The van der Waals surface area contributed by atoms with Gasteiger partial charge in [0.25, 0.3) is 11.8 Å². The Morgan fingerprint density at radius 2 is 1.55 bits per heavy atom. The molecule has 7 heteroatoms. The van der Waals surface area contributed by atoms with Crippen LogP contribution in [0.25, 0.3) is 5.69 Å². The van der Waals surface area contributed by atoms with Gasteiger partial charge in [-0.25, -0.2) is 0 Å². The number of carbonyl (C=O) groups excluding carboxylic acids is 2. The summed E-state index contributed by atoms with van der Waals surface area (Å²) >= 11 is 0. The highest BCUT2D eigenvalue weighted by molar-refractivity contribution is 5.95. The van der Waals surface area contributed by atoms with E-state index in [2.05, 4.69) is 5.32 Å². The van der Waals surface area contributed by atoms with Crippen molar-refractivity contribution in [1.82, 2.24) is 14.8 Å². The van der Waals surface area contributed by atoms with Gasteiger partial charge in [-0.05, 0) is 73.4 Å². The predicted molar refractivity (Wildman–Crippen MR) is 126 cm³/mol. The maximum atomic E-state index is 12.9. The summed E-state index contributed by atoms with van der Waals surface area (Å²) in [6.07, 6.45) is 5.65. The molecule has 1 fully saturated rings. The van der Waals surface area contributed by atoms with E-state index in [0.717, 1.165) is 18.5 Å². The predicted octanol–water partition coefficient (Wildman–Crippen LogP) is 3.78. The molecule has 0 unspecified atom stereocenters. The second kappa shape index (κ2) is 10.3. The van der Waals surface area contributed by atoms with Crippen molar-refractivity contribution in [2.24, 2.45) is 5.92 Å². The molecule has 7 nitrogen and oxygen atoms in total. The molecule has 0 spiro atoms. The Balaban J connectivity index is 1.26. The summed E-state index contributed by atoms with van der Waals surface area (Å²) in [6, 6.07) is 16.7. The number of methoxy groups -OCH3 is 2. The molecule has 1 aromatic heterocycles.